The maximum atomic E-state index is 13.6. The Kier molecular flexibility index (Phi) is 13.2. The third kappa shape index (κ3) is 8.14. The van der Waals surface area contributed by atoms with Gasteiger partial charge >= 0.3 is 11.9 Å². The summed E-state index contributed by atoms with van der Waals surface area (Å²) in [6, 6.07) is 3.31. The Bertz CT molecular complexity index is 1420. The first kappa shape index (κ1) is 38.1. The second-order valence-corrected chi connectivity index (χ2v) is 15.2. The monoisotopic (exact) mass is 693 g/mol. The van der Waals surface area contributed by atoms with Crippen LogP contribution in [0.3, 0.4) is 0 Å². The summed E-state index contributed by atoms with van der Waals surface area (Å²) in [7, 11) is 2.02. The number of phenolic OH excluding ortho intramolecular Hbond substituents is 1. The minimum atomic E-state index is -1.22. The Morgan fingerprint density at radius 1 is 1.00 bits per heavy atom. The standard InChI is InChI=1S/C41H59NO8/c1-3-4-5-6-7-8-9-10-11-12-13-14-15-16-17-19-31(43)26-30(28-35(45)46)39(47)49-33-22-24-41(48)34-27-29-20-21-32(44)37-36(29)40(41,38(33)50-37)23-18-25-42(34)2/h10-11,20-22,30,34,38,44,48H,3-9,12-19,23-28H2,1-2H3,(H,45,46)/b11-10+/t30-,34+,38-,40-,41+/m0/s1. The molecule has 50 heavy (non-hydrogen) atoms. The van der Waals surface area contributed by atoms with Gasteiger partial charge in [-0.25, -0.2) is 0 Å². The summed E-state index contributed by atoms with van der Waals surface area (Å²) in [6.45, 7) is 3.03. The van der Waals surface area contributed by atoms with Gasteiger partial charge in [0.1, 0.15) is 11.5 Å². The first-order chi connectivity index (χ1) is 24.1. The zero-order valence-electron chi connectivity index (χ0n) is 30.3. The average Bonchev–Trinajstić information content (AvgIpc) is 3.42. The molecule has 1 saturated heterocycles. The van der Waals surface area contributed by atoms with Crippen molar-refractivity contribution in [3.05, 3.63) is 47.2 Å². The lowest BCUT2D eigenvalue weighted by Gasteiger charge is -2.56. The molecule has 4 aliphatic rings. The molecule has 1 aromatic carbocycles. The van der Waals surface area contributed by atoms with Gasteiger partial charge in [-0.1, -0.05) is 76.5 Å². The van der Waals surface area contributed by atoms with Crippen molar-refractivity contribution in [2.75, 3.05) is 13.6 Å². The number of aliphatic carboxylic acids is 1. The fourth-order valence-electron chi connectivity index (χ4n) is 9.11. The Morgan fingerprint density at radius 3 is 2.38 bits per heavy atom. The molecule has 0 unspecified atom stereocenters. The number of carbonyl (C=O) groups is 3. The number of benzene rings is 1. The Balaban J connectivity index is 1.11. The number of esters is 1. The Morgan fingerprint density at radius 2 is 1.68 bits per heavy atom. The molecule has 0 saturated carbocycles. The predicted molar refractivity (Wildman–Crippen MR) is 192 cm³/mol. The molecule has 1 spiro atoms. The van der Waals surface area contributed by atoms with E-state index in [4.69, 9.17) is 9.47 Å². The smallest absolute Gasteiger partial charge is 0.315 e. The summed E-state index contributed by atoms with van der Waals surface area (Å²) in [5.74, 6) is -2.72. The zero-order chi connectivity index (χ0) is 35.7. The highest BCUT2D eigenvalue weighted by Gasteiger charge is 2.71. The molecular weight excluding hydrogens is 634 g/mol. The molecule has 2 aliphatic heterocycles. The summed E-state index contributed by atoms with van der Waals surface area (Å²) in [6.07, 6.45) is 22.3. The summed E-state index contributed by atoms with van der Waals surface area (Å²) in [5.41, 5.74) is -0.363. The highest BCUT2D eigenvalue weighted by Crippen LogP contribution is 2.65. The number of likely N-dealkylation sites (N-methyl/N-ethyl adjacent to an activating group) is 1. The summed E-state index contributed by atoms with van der Waals surface area (Å²) in [4.78, 5) is 40.5. The van der Waals surface area contributed by atoms with E-state index < -0.39 is 41.4 Å². The largest absolute Gasteiger partial charge is 0.504 e. The Hall–Kier alpha value is -3.17. The van der Waals surface area contributed by atoms with Crippen LogP contribution in [0.1, 0.15) is 140 Å². The number of carboxylic acid groups (broad SMARTS) is 1. The minimum Gasteiger partial charge on any atom is -0.504 e. The van der Waals surface area contributed by atoms with E-state index in [0.29, 0.717) is 31.4 Å². The van der Waals surface area contributed by atoms with E-state index >= 15 is 0 Å². The lowest BCUT2D eigenvalue weighted by molar-refractivity contribution is -0.157. The van der Waals surface area contributed by atoms with E-state index in [1.165, 1.54) is 44.9 Å². The lowest BCUT2D eigenvalue weighted by atomic mass is 9.52. The highest BCUT2D eigenvalue weighted by molar-refractivity contribution is 5.87. The molecule has 9 nitrogen and oxygen atoms in total. The van der Waals surface area contributed by atoms with Gasteiger partial charge in [-0.05, 0) is 82.7 Å². The van der Waals surface area contributed by atoms with Crippen LogP contribution in [0.25, 0.3) is 0 Å². The van der Waals surface area contributed by atoms with Crippen LogP contribution >= 0.6 is 0 Å². The first-order valence-electron chi connectivity index (χ1n) is 19.4. The van der Waals surface area contributed by atoms with Gasteiger partial charge in [0, 0.05) is 30.9 Å². The van der Waals surface area contributed by atoms with Crippen molar-refractivity contribution in [1.82, 2.24) is 4.90 Å². The minimum absolute atomic E-state index is 0.0263. The van der Waals surface area contributed by atoms with Gasteiger partial charge in [0.05, 0.1) is 23.4 Å². The maximum Gasteiger partial charge on any atom is 0.315 e. The fourth-order valence-corrected chi connectivity index (χ4v) is 9.11. The molecule has 1 aromatic rings. The van der Waals surface area contributed by atoms with Crippen molar-refractivity contribution in [3.8, 4) is 11.5 Å². The predicted octanol–water partition coefficient (Wildman–Crippen LogP) is 7.69. The zero-order valence-corrected chi connectivity index (χ0v) is 30.3. The molecule has 9 heteroatoms. The number of unbranched alkanes of at least 4 members (excludes halogenated alkanes) is 11. The number of ether oxygens (including phenoxy) is 2. The topological polar surface area (TPSA) is 134 Å². The van der Waals surface area contributed by atoms with Crippen LogP contribution in [0, 0.1) is 5.92 Å². The molecule has 0 amide bonds. The van der Waals surface area contributed by atoms with Gasteiger partial charge in [0.25, 0.3) is 0 Å². The summed E-state index contributed by atoms with van der Waals surface area (Å²) in [5, 5.41) is 32.9. The maximum absolute atomic E-state index is 13.6. The van der Waals surface area contributed by atoms with Crippen LogP contribution in [-0.4, -0.2) is 69.3 Å². The van der Waals surface area contributed by atoms with E-state index in [0.717, 1.165) is 56.2 Å². The van der Waals surface area contributed by atoms with E-state index in [1.807, 2.05) is 13.1 Å². The van der Waals surface area contributed by atoms with Crippen molar-refractivity contribution < 1.29 is 39.2 Å². The number of likely N-dealkylation sites (tertiary alicyclic amines) is 1. The molecule has 1 fully saturated rings. The number of hydrogen-bond acceptors (Lipinski definition) is 8. The SMILES string of the molecule is CCCCCCCC/C=C/CCCCCCCC(=O)C[C@@H](CC(=O)O)C(=O)OC1=CC[C@@]2(O)[C@H]3Cc4ccc(O)c5c4[C@@]2(CCCN3C)[C@H]1O5. The van der Waals surface area contributed by atoms with E-state index in [-0.39, 0.29) is 36.2 Å². The van der Waals surface area contributed by atoms with Gasteiger partial charge < -0.3 is 29.7 Å². The number of carbonyl (C=O) groups excluding carboxylic acids is 2. The van der Waals surface area contributed by atoms with Gasteiger partial charge in [-0.2, -0.15) is 0 Å². The molecule has 0 radical (unpaired) electrons. The van der Waals surface area contributed by atoms with Crippen molar-refractivity contribution in [3.63, 3.8) is 0 Å². The van der Waals surface area contributed by atoms with Crippen LogP contribution in [0.2, 0.25) is 0 Å². The van der Waals surface area contributed by atoms with Gasteiger partial charge in [-0.3, -0.25) is 14.4 Å². The fraction of sp³-hybridized carbons (Fsp3) is 0.683. The molecule has 3 N–H and O–H groups in total. The third-order valence-corrected chi connectivity index (χ3v) is 11.7. The molecule has 2 bridgehead atoms. The lowest BCUT2D eigenvalue weighted by Crippen LogP contribution is -2.69. The number of aromatic hydroxyl groups is 1. The van der Waals surface area contributed by atoms with Crippen LogP contribution in [-0.2, 0) is 31.0 Å². The normalized spacial score (nSPS) is 25.8. The number of rotatable bonds is 21. The van der Waals surface area contributed by atoms with Gasteiger partial charge in [0.15, 0.2) is 17.6 Å². The molecule has 5 atom stereocenters. The number of nitrogens with zero attached hydrogens (tertiary/aromatic N) is 1. The number of allylic oxidation sites excluding steroid dienone is 2. The average molecular weight is 694 g/mol. The summed E-state index contributed by atoms with van der Waals surface area (Å²) < 4.78 is 12.3. The number of ketones is 1. The van der Waals surface area contributed by atoms with Crippen LogP contribution < -0.4 is 4.74 Å². The van der Waals surface area contributed by atoms with Gasteiger partial charge in [-0.15, -0.1) is 0 Å². The molecule has 2 aliphatic carbocycles. The molecule has 276 valence electrons. The number of aliphatic hydroxyl groups is 1. The molecule has 2 heterocycles. The van der Waals surface area contributed by atoms with Gasteiger partial charge in [0.2, 0.25) is 0 Å². The third-order valence-electron chi connectivity index (χ3n) is 11.7. The molecule has 5 rings (SSSR count). The van der Waals surface area contributed by atoms with E-state index in [1.54, 1.807) is 12.1 Å². The molecule has 0 aromatic heterocycles. The number of hydrogen-bond donors (Lipinski definition) is 3. The van der Waals surface area contributed by atoms with Crippen molar-refractivity contribution in [2.45, 2.75) is 159 Å². The second kappa shape index (κ2) is 17.4. The van der Waals surface area contributed by atoms with Crippen molar-refractivity contribution in [2.24, 2.45) is 5.92 Å². The Labute approximate surface area is 298 Å². The van der Waals surface area contributed by atoms with Crippen LogP contribution in [0.4, 0.5) is 0 Å². The summed E-state index contributed by atoms with van der Waals surface area (Å²) >= 11 is 0. The number of Topliss-reactive ketones (excluding diaryl/α,β-unsaturated/α-hetero) is 1. The number of phenols is 1. The first-order valence-corrected chi connectivity index (χ1v) is 19.4. The van der Waals surface area contributed by atoms with Crippen molar-refractivity contribution in [1.29, 1.82) is 0 Å². The quantitative estimate of drug-likeness (QED) is 0.0673. The van der Waals surface area contributed by atoms with E-state index in [2.05, 4.69) is 24.0 Å². The highest BCUT2D eigenvalue weighted by atomic mass is 16.6. The second-order valence-electron chi connectivity index (χ2n) is 15.2. The van der Waals surface area contributed by atoms with E-state index in [9.17, 15) is 29.7 Å². The van der Waals surface area contributed by atoms with Crippen molar-refractivity contribution >= 4 is 17.7 Å². The number of carboxylic acids is 1. The van der Waals surface area contributed by atoms with Crippen LogP contribution in [0.15, 0.2) is 36.1 Å². The molecular formula is C41H59NO8. The van der Waals surface area contributed by atoms with Crippen LogP contribution in [0.5, 0.6) is 11.5 Å².